The number of amides is 2. The maximum atomic E-state index is 13.7. The van der Waals surface area contributed by atoms with Crippen molar-refractivity contribution in [2.75, 3.05) is 11.9 Å². The van der Waals surface area contributed by atoms with Crippen molar-refractivity contribution >= 4 is 44.9 Å². The van der Waals surface area contributed by atoms with Crippen molar-refractivity contribution in [2.24, 2.45) is 5.41 Å². The third kappa shape index (κ3) is 3.61. The average Bonchev–Trinajstić information content (AvgIpc) is 3.02. The zero-order valence-electron chi connectivity index (χ0n) is 19.4. The summed E-state index contributed by atoms with van der Waals surface area (Å²) in [5.41, 5.74) is 2.03. The van der Waals surface area contributed by atoms with Gasteiger partial charge in [0.1, 0.15) is 5.70 Å². The van der Waals surface area contributed by atoms with Crippen LogP contribution < -0.4 is 4.90 Å². The van der Waals surface area contributed by atoms with E-state index in [2.05, 4.69) is 15.9 Å². The Morgan fingerprint density at radius 2 is 1.69 bits per heavy atom. The van der Waals surface area contributed by atoms with Crippen LogP contribution in [-0.2, 0) is 14.4 Å². The van der Waals surface area contributed by atoms with E-state index in [9.17, 15) is 24.5 Å². The molecule has 2 amide bonds. The van der Waals surface area contributed by atoms with Gasteiger partial charge in [-0.2, -0.15) is 0 Å². The van der Waals surface area contributed by atoms with Gasteiger partial charge in [0.25, 0.3) is 17.5 Å². The van der Waals surface area contributed by atoms with Gasteiger partial charge in [0.05, 0.1) is 10.5 Å². The van der Waals surface area contributed by atoms with Gasteiger partial charge in [-0.25, -0.2) is 0 Å². The van der Waals surface area contributed by atoms with E-state index in [4.69, 9.17) is 0 Å². The van der Waals surface area contributed by atoms with Crippen LogP contribution in [-0.4, -0.2) is 34.5 Å². The Morgan fingerprint density at radius 3 is 2.34 bits per heavy atom. The van der Waals surface area contributed by atoms with E-state index >= 15 is 0 Å². The van der Waals surface area contributed by atoms with Crippen LogP contribution in [0.5, 0.6) is 0 Å². The van der Waals surface area contributed by atoms with Gasteiger partial charge in [0, 0.05) is 52.9 Å². The second-order valence-electron chi connectivity index (χ2n) is 9.83. The third-order valence-corrected chi connectivity index (χ3v) is 7.29. The number of anilines is 1. The number of likely N-dealkylation sites (N-methyl/N-ethyl adjacent to an activating group) is 1. The van der Waals surface area contributed by atoms with E-state index in [1.54, 1.807) is 11.0 Å². The number of nitro benzene ring substituents is 1. The summed E-state index contributed by atoms with van der Waals surface area (Å²) in [5.74, 6) is -1.97. The van der Waals surface area contributed by atoms with Gasteiger partial charge >= 0.3 is 0 Å². The summed E-state index contributed by atoms with van der Waals surface area (Å²) in [6, 6.07) is 13.3. The van der Waals surface area contributed by atoms with Gasteiger partial charge in [0.2, 0.25) is 0 Å². The van der Waals surface area contributed by atoms with Crippen LogP contribution in [0.15, 0.2) is 75.5 Å². The number of imide groups is 1. The smallest absolute Gasteiger partial charge is 0.277 e. The Bertz CT molecular complexity index is 1390. The minimum Gasteiger partial charge on any atom is -0.308 e. The fraction of sp³-hybridized carbons (Fsp3) is 0.269. The number of nitro groups is 1. The normalized spacial score (nSPS) is 21.5. The molecule has 35 heavy (non-hydrogen) atoms. The van der Waals surface area contributed by atoms with Gasteiger partial charge in [-0.3, -0.25) is 29.4 Å². The summed E-state index contributed by atoms with van der Waals surface area (Å²) in [7, 11) is 1.41. The number of nitrogens with zero attached hydrogens (tertiary/aromatic N) is 3. The predicted octanol–water partition coefficient (Wildman–Crippen LogP) is 4.86. The van der Waals surface area contributed by atoms with Crippen molar-refractivity contribution < 1.29 is 19.3 Å². The van der Waals surface area contributed by atoms with E-state index < -0.39 is 22.7 Å². The molecule has 1 unspecified atom stereocenters. The standard InChI is InChI=1S/C26H22BrN3O5/c1-26(2)12-18-21(19(31)13-26)20(14-5-4-6-17(11-14)30(34)35)22-23(25(33)28(3)24(22)32)29(18)16-9-7-15(27)8-10-16/h4-11,20H,12-13H2,1-3H3. The Hall–Kier alpha value is -3.59. The largest absolute Gasteiger partial charge is 0.308 e. The molecule has 0 spiro atoms. The lowest BCUT2D eigenvalue weighted by molar-refractivity contribution is -0.384. The van der Waals surface area contributed by atoms with E-state index in [1.165, 1.54) is 25.2 Å². The highest BCUT2D eigenvalue weighted by atomic mass is 79.9. The number of benzene rings is 2. The quantitative estimate of drug-likeness (QED) is 0.316. The van der Waals surface area contributed by atoms with Crippen molar-refractivity contribution in [3.63, 3.8) is 0 Å². The zero-order chi connectivity index (χ0) is 25.2. The Labute approximate surface area is 210 Å². The molecule has 2 aromatic carbocycles. The molecule has 0 saturated heterocycles. The monoisotopic (exact) mass is 535 g/mol. The number of allylic oxidation sites excluding steroid dienone is 2. The molecule has 0 bridgehead atoms. The lowest BCUT2D eigenvalue weighted by Gasteiger charge is -2.43. The minimum atomic E-state index is -0.864. The molecule has 9 heteroatoms. The maximum absolute atomic E-state index is 13.7. The van der Waals surface area contributed by atoms with Crippen LogP contribution in [0.2, 0.25) is 0 Å². The SMILES string of the molecule is CN1C(=O)C2=C(C1=O)N(c1ccc(Br)cc1)C1=C(C(=O)CC(C)(C)C1)C2c1cccc([N+](=O)[O-])c1. The maximum Gasteiger partial charge on any atom is 0.277 e. The van der Waals surface area contributed by atoms with E-state index in [-0.39, 0.29) is 34.6 Å². The summed E-state index contributed by atoms with van der Waals surface area (Å²) in [4.78, 5) is 54.4. The van der Waals surface area contributed by atoms with Crippen LogP contribution in [0, 0.1) is 15.5 Å². The second-order valence-corrected chi connectivity index (χ2v) is 10.7. The van der Waals surface area contributed by atoms with Crippen molar-refractivity contribution in [3.8, 4) is 0 Å². The van der Waals surface area contributed by atoms with Crippen LogP contribution in [0.25, 0.3) is 0 Å². The first-order valence-electron chi connectivity index (χ1n) is 11.1. The van der Waals surface area contributed by atoms with Crippen molar-refractivity contribution in [1.29, 1.82) is 0 Å². The second kappa shape index (κ2) is 7.98. The van der Waals surface area contributed by atoms with Gasteiger partial charge in [-0.1, -0.05) is 41.9 Å². The number of hydrogen-bond donors (Lipinski definition) is 0. The molecular formula is C26H22BrN3O5. The lowest BCUT2D eigenvalue weighted by Crippen LogP contribution is -2.41. The number of ketones is 1. The number of hydrogen-bond acceptors (Lipinski definition) is 6. The van der Waals surface area contributed by atoms with Crippen LogP contribution >= 0.6 is 15.9 Å². The summed E-state index contributed by atoms with van der Waals surface area (Å²) in [6.07, 6.45) is 0.767. The first-order valence-corrected chi connectivity index (χ1v) is 11.9. The number of rotatable bonds is 3. The first kappa shape index (κ1) is 23.2. The molecule has 0 N–H and O–H groups in total. The van der Waals surface area contributed by atoms with Gasteiger partial charge < -0.3 is 4.90 Å². The van der Waals surface area contributed by atoms with Gasteiger partial charge in [0.15, 0.2) is 5.78 Å². The number of non-ortho nitro benzene ring substituents is 1. The Morgan fingerprint density at radius 1 is 1.00 bits per heavy atom. The summed E-state index contributed by atoms with van der Waals surface area (Å²) in [5, 5.41) is 11.5. The molecule has 178 valence electrons. The van der Waals surface area contributed by atoms with E-state index in [0.717, 1.165) is 9.37 Å². The molecule has 0 aromatic heterocycles. The van der Waals surface area contributed by atoms with E-state index in [0.29, 0.717) is 28.9 Å². The fourth-order valence-electron chi connectivity index (χ4n) is 5.26. The highest BCUT2D eigenvalue weighted by Gasteiger charge is 2.52. The number of carbonyl (C=O) groups is 3. The Balaban J connectivity index is 1.84. The highest BCUT2D eigenvalue weighted by Crippen LogP contribution is 2.53. The molecule has 2 aromatic rings. The van der Waals surface area contributed by atoms with Crippen LogP contribution in [0.4, 0.5) is 11.4 Å². The predicted molar refractivity (Wildman–Crippen MR) is 132 cm³/mol. The van der Waals surface area contributed by atoms with Crippen molar-refractivity contribution in [1.82, 2.24) is 4.90 Å². The highest BCUT2D eigenvalue weighted by molar-refractivity contribution is 9.10. The van der Waals surface area contributed by atoms with Crippen molar-refractivity contribution in [3.05, 3.63) is 91.2 Å². The van der Waals surface area contributed by atoms with Crippen LogP contribution in [0.1, 0.15) is 38.2 Å². The minimum absolute atomic E-state index is 0.129. The topological polar surface area (TPSA) is 101 Å². The molecule has 2 heterocycles. The first-order chi connectivity index (χ1) is 16.5. The summed E-state index contributed by atoms with van der Waals surface area (Å²) >= 11 is 3.43. The molecule has 0 radical (unpaired) electrons. The third-order valence-electron chi connectivity index (χ3n) is 6.76. The van der Waals surface area contributed by atoms with Crippen molar-refractivity contribution in [2.45, 2.75) is 32.6 Å². The molecule has 8 nitrogen and oxygen atoms in total. The molecule has 5 rings (SSSR count). The summed E-state index contributed by atoms with van der Waals surface area (Å²) < 4.78 is 0.849. The zero-order valence-corrected chi connectivity index (χ0v) is 21.0. The van der Waals surface area contributed by atoms with Gasteiger partial charge in [-0.05, 0) is 41.7 Å². The molecule has 0 saturated carbocycles. The number of Topliss-reactive ketones (excluding diaryl/α,β-unsaturated/α-hetero) is 1. The van der Waals surface area contributed by atoms with E-state index in [1.807, 2.05) is 38.1 Å². The van der Waals surface area contributed by atoms with Crippen LogP contribution in [0.3, 0.4) is 0 Å². The molecule has 1 aliphatic carbocycles. The number of halogens is 1. The molecule has 3 aliphatic rings. The fourth-order valence-corrected chi connectivity index (χ4v) is 5.52. The number of carbonyl (C=O) groups excluding carboxylic acids is 3. The lowest BCUT2D eigenvalue weighted by atomic mass is 9.68. The molecular weight excluding hydrogens is 514 g/mol. The summed E-state index contributed by atoms with van der Waals surface area (Å²) in [6.45, 7) is 3.99. The average molecular weight is 536 g/mol. The Kier molecular flexibility index (Phi) is 5.28. The molecule has 0 fully saturated rings. The molecule has 1 atom stereocenters. The van der Waals surface area contributed by atoms with Gasteiger partial charge in [-0.15, -0.1) is 0 Å². The molecule has 2 aliphatic heterocycles.